The van der Waals surface area contributed by atoms with E-state index in [0.717, 1.165) is 19.3 Å². The van der Waals surface area contributed by atoms with Crippen LogP contribution >= 0.6 is 11.3 Å². The molecule has 4 unspecified atom stereocenters. The summed E-state index contributed by atoms with van der Waals surface area (Å²) >= 11 is 1.36. The molecule has 2 bridgehead atoms. The molecule has 1 amide bonds. The first-order chi connectivity index (χ1) is 10.7. The normalized spacial score (nSPS) is 30.0. The molecule has 0 aromatic carbocycles. The van der Waals surface area contributed by atoms with E-state index >= 15 is 0 Å². The lowest BCUT2D eigenvalue weighted by Crippen LogP contribution is -2.46. The van der Waals surface area contributed by atoms with Crippen molar-refractivity contribution in [3.8, 4) is 0 Å². The van der Waals surface area contributed by atoms with Crippen LogP contribution in [0.5, 0.6) is 0 Å². The maximum absolute atomic E-state index is 12.5. The Kier molecular flexibility index (Phi) is 3.27. The number of hydrogen-bond acceptors (Lipinski definition) is 5. The van der Waals surface area contributed by atoms with Crippen molar-refractivity contribution in [3.63, 3.8) is 0 Å². The fraction of sp³-hybridized carbons (Fsp3) is 0.533. The average Bonchev–Trinajstić information content (AvgIpc) is 3.22. The van der Waals surface area contributed by atoms with Gasteiger partial charge in [0.15, 0.2) is 4.96 Å². The number of carbonyl (C=O) groups excluding carboxylic acids is 1. The lowest BCUT2D eigenvalue weighted by Gasteiger charge is -2.30. The molecular weight excluding hydrogens is 302 g/mol. The summed E-state index contributed by atoms with van der Waals surface area (Å²) in [5, 5.41) is 14.3. The standard InChI is InChI=1S/C15H17N3O3S/c19-7-11-8-1-2-9(5-8)12(11)17-13(20)10-6-16-15-18(14(10)21)3-4-22-15/h3-4,6,8-9,11-12,19H,1-2,5,7H2,(H,17,20). The molecule has 2 heterocycles. The van der Waals surface area contributed by atoms with E-state index in [9.17, 15) is 14.7 Å². The molecule has 0 aliphatic heterocycles. The highest BCUT2D eigenvalue weighted by Crippen LogP contribution is 2.48. The van der Waals surface area contributed by atoms with Crippen LogP contribution in [-0.2, 0) is 0 Å². The van der Waals surface area contributed by atoms with Crippen LogP contribution in [-0.4, -0.2) is 33.0 Å². The molecule has 0 radical (unpaired) electrons. The first-order valence-corrected chi connectivity index (χ1v) is 8.43. The average molecular weight is 319 g/mol. The molecule has 2 saturated carbocycles. The molecule has 0 saturated heterocycles. The van der Waals surface area contributed by atoms with Crippen molar-refractivity contribution in [2.75, 3.05) is 6.61 Å². The van der Waals surface area contributed by atoms with Gasteiger partial charge in [-0.05, 0) is 31.1 Å². The molecule has 116 valence electrons. The highest BCUT2D eigenvalue weighted by molar-refractivity contribution is 7.15. The van der Waals surface area contributed by atoms with Crippen molar-refractivity contribution in [3.05, 3.63) is 33.7 Å². The molecule has 6 nitrogen and oxygen atoms in total. The number of hydrogen-bond donors (Lipinski definition) is 2. The third-order valence-corrected chi connectivity index (χ3v) is 5.96. The fourth-order valence-electron chi connectivity index (χ4n) is 4.11. The summed E-state index contributed by atoms with van der Waals surface area (Å²) in [5.41, 5.74) is -0.275. The Balaban J connectivity index is 1.61. The Morgan fingerprint density at radius 3 is 3.09 bits per heavy atom. The van der Waals surface area contributed by atoms with Gasteiger partial charge in [0.25, 0.3) is 11.5 Å². The van der Waals surface area contributed by atoms with Crippen LogP contribution in [0.1, 0.15) is 29.6 Å². The van der Waals surface area contributed by atoms with E-state index in [1.54, 1.807) is 11.6 Å². The van der Waals surface area contributed by atoms with Gasteiger partial charge >= 0.3 is 0 Å². The highest BCUT2D eigenvalue weighted by Gasteiger charge is 2.47. The van der Waals surface area contributed by atoms with Gasteiger partial charge in [-0.15, -0.1) is 11.3 Å². The van der Waals surface area contributed by atoms with Crippen LogP contribution in [0, 0.1) is 17.8 Å². The molecule has 2 aromatic heterocycles. The smallest absolute Gasteiger partial charge is 0.271 e. The third-order valence-electron chi connectivity index (χ3n) is 5.18. The van der Waals surface area contributed by atoms with Gasteiger partial charge in [0, 0.05) is 36.3 Å². The van der Waals surface area contributed by atoms with Crippen molar-refractivity contribution >= 4 is 22.2 Å². The van der Waals surface area contributed by atoms with Gasteiger partial charge in [-0.1, -0.05) is 0 Å². The maximum Gasteiger partial charge on any atom is 0.271 e. The Morgan fingerprint density at radius 1 is 1.45 bits per heavy atom. The lowest BCUT2D eigenvalue weighted by molar-refractivity contribution is 0.0859. The second kappa shape index (κ2) is 5.17. The second-order valence-corrected chi connectivity index (χ2v) is 7.08. The van der Waals surface area contributed by atoms with E-state index in [0.29, 0.717) is 16.8 Å². The summed E-state index contributed by atoms with van der Waals surface area (Å²) in [6.45, 7) is 0.0902. The zero-order valence-corrected chi connectivity index (χ0v) is 12.8. The molecule has 2 N–H and O–H groups in total. The quantitative estimate of drug-likeness (QED) is 0.880. The van der Waals surface area contributed by atoms with Crippen molar-refractivity contribution in [2.24, 2.45) is 17.8 Å². The summed E-state index contributed by atoms with van der Waals surface area (Å²) in [5.74, 6) is 0.656. The van der Waals surface area contributed by atoms with Gasteiger partial charge in [0.2, 0.25) is 0 Å². The van der Waals surface area contributed by atoms with Gasteiger partial charge in [0.05, 0.1) is 0 Å². The van der Waals surface area contributed by atoms with Gasteiger partial charge in [-0.25, -0.2) is 4.98 Å². The number of thiazole rings is 1. The van der Waals surface area contributed by atoms with Gasteiger partial charge < -0.3 is 10.4 Å². The number of fused-ring (bicyclic) bond motifs is 3. The number of rotatable bonds is 3. The number of aliphatic hydroxyl groups is 1. The van der Waals surface area contributed by atoms with Gasteiger partial charge in [-0.2, -0.15) is 0 Å². The molecule has 2 fully saturated rings. The molecule has 2 aliphatic rings. The number of nitrogens with one attached hydrogen (secondary N) is 1. The van der Waals surface area contributed by atoms with Crippen LogP contribution < -0.4 is 10.9 Å². The number of aromatic nitrogens is 2. The minimum absolute atomic E-state index is 0.0289. The van der Waals surface area contributed by atoms with Crippen molar-refractivity contribution in [2.45, 2.75) is 25.3 Å². The van der Waals surface area contributed by atoms with E-state index in [1.807, 2.05) is 0 Å². The topological polar surface area (TPSA) is 83.7 Å². The second-order valence-electron chi connectivity index (χ2n) is 6.21. The molecule has 0 spiro atoms. The molecule has 22 heavy (non-hydrogen) atoms. The largest absolute Gasteiger partial charge is 0.396 e. The van der Waals surface area contributed by atoms with E-state index < -0.39 is 0 Å². The lowest BCUT2D eigenvalue weighted by atomic mass is 9.85. The van der Waals surface area contributed by atoms with Crippen molar-refractivity contribution in [1.82, 2.24) is 14.7 Å². The minimum atomic E-state index is -0.380. The predicted molar refractivity (Wildman–Crippen MR) is 82.0 cm³/mol. The van der Waals surface area contributed by atoms with Crippen LogP contribution in [0.25, 0.3) is 4.96 Å². The molecule has 2 aromatic rings. The molecular formula is C15H17N3O3S. The number of carbonyl (C=O) groups is 1. The fourth-order valence-corrected chi connectivity index (χ4v) is 4.78. The molecule has 2 aliphatic carbocycles. The van der Waals surface area contributed by atoms with Crippen LogP contribution in [0.4, 0.5) is 0 Å². The Hall–Kier alpha value is -1.73. The van der Waals surface area contributed by atoms with Crippen molar-refractivity contribution < 1.29 is 9.90 Å². The Morgan fingerprint density at radius 2 is 2.27 bits per heavy atom. The molecule has 4 atom stereocenters. The summed E-state index contributed by atoms with van der Waals surface area (Å²) < 4.78 is 1.39. The van der Waals surface area contributed by atoms with Crippen LogP contribution in [0.3, 0.4) is 0 Å². The van der Waals surface area contributed by atoms with Gasteiger partial charge in [-0.3, -0.25) is 14.0 Å². The Bertz CT molecular complexity index is 784. The van der Waals surface area contributed by atoms with Crippen LogP contribution in [0.15, 0.2) is 22.6 Å². The van der Waals surface area contributed by atoms with E-state index in [1.165, 1.54) is 21.9 Å². The summed E-state index contributed by atoms with van der Waals surface area (Å²) in [6.07, 6.45) is 6.27. The number of amides is 1. The highest BCUT2D eigenvalue weighted by atomic mass is 32.1. The number of aliphatic hydroxyl groups excluding tert-OH is 1. The summed E-state index contributed by atoms with van der Waals surface area (Å²) in [4.78, 5) is 29.6. The van der Waals surface area contributed by atoms with Crippen molar-refractivity contribution in [1.29, 1.82) is 0 Å². The zero-order valence-electron chi connectivity index (χ0n) is 11.9. The SMILES string of the molecule is O=C(NC1C2CCC(C2)C1CO)c1cnc2sccn2c1=O. The monoisotopic (exact) mass is 319 g/mol. The van der Waals surface area contributed by atoms with Crippen LogP contribution in [0.2, 0.25) is 0 Å². The maximum atomic E-state index is 12.5. The van der Waals surface area contributed by atoms with E-state index in [-0.39, 0.29) is 35.6 Å². The van der Waals surface area contributed by atoms with Gasteiger partial charge in [0.1, 0.15) is 5.56 Å². The molecule has 4 rings (SSSR count). The summed E-state index contributed by atoms with van der Waals surface area (Å²) in [6, 6.07) is -0.0289. The predicted octanol–water partition coefficient (Wildman–Crippen LogP) is 0.893. The van der Waals surface area contributed by atoms with E-state index in [4.69, 9.17) is 0 Å². The minimum Gasteiger partial charge on any atom is -0.396 e. The zero-order chi connectivity index (χ0) is 15.3. The number of nitrogens with zero attached hydrogens (tertiary/aromatic N) is 2. The third kappa shape index (κ3) is 1.99. The first-order valence-electron chi connectivity index (χ1n) is 7.55. The molecule has 7 heteroatoms. The van der Waals surface area contributed by atoms with E-state index in [2.05, 4.69) is 10.3 Å². The Labute approximate surface area is 130 Å². The summed E-state index contributed by atoms with van der Waals surface area (Å²) in [7, 11) is 0. The first kappa shape index (κ1) is 13.9.